The Bertz CT molecular complexity index is 727. The van der Waals surface area contributed by atoms with Crippen LogP contribution in [0.1, 0.15) is 40.0 Å². The molecule has 1 atom stereocenters. The molecule has 5 nitrogen and oxygen atoms in total. The number of aromatic nitrogens is 2. The summed E-state index contributed by atoms with van der Waals surface area (Å²) in [5.74, 6) is 0.643. The van der Waals surface area contributed by atoms with Crippen molar-refractivity contribution in [3.05, 3.63) is 34.7 Å². The van der Waals surface area contributed by atoms with Crippen molar-refractivity contribution in [1.82, 2.24) is 14.5 Å². The fourth-order valence-electron chi connectivity index (χ4n) is 2.80. The van der Waals surface area contributed by atoms with Crippen LogP contribution in [0.4, 0.5) is 0 Å². The van der Waals surface area contributed by atoms with E-state index in [1.54, 1.807) is 16.2 Å². The molecule has 0 saturated carbocycles. The Labute approximate surface area is 137 Å². The van der Waals surface area contributed by atoms with Gasteiger partial charge in [-0.3, -0.25) is 13.9 Å². The number of amides is 1. The van der Waals surface area contributed by atoms with Crippen molar-refractivity contribution in [3.8, 4) is 0 Å². The number of imidazole rings is 1. The highest BCUT2D eigenvalue weighted by molar-refractivity contribution is 5.78. The molecule has 1 aromatic heterocycles. The quantitative estimate of drug-likeness (QED) is 0.853. The smallest absolute Gasteiger partial charge is 0.328 e. The molecule has 0 aliphatic carbocycles. The zero-order valence-corrected chi connectivity index (χ0v) is 14.5. The second-order valence-corrected chi connectivity index (χ2v) is 6.67. The van der Waals surface area contributed by atoms with Gasteiger partial charge in [0.05, 0.1) is 11.0 Å². The summed E-state index contributed by atoms with van der Waals surface area (Å²) in [4.78, 5) is 24.4. The van der Waals surface area contributed by atoms with E-state index < -0.39 is 0 Å². The number of fused-ring (bicyclic) bond motifs is 1. The highest BCUT2D eigenvalue weighted by Gasteiger charge is 2.12. The Balaban J connectivity index is 1.97. The van der Waals surface area contributed by atoms with Gasteiger partial charge in [-0.05, 0) is 37.8 Å². The van der Waals surface area contributed by atoms with Crippen LogP contribution in [0, 0.1) is 5.92 Å². The lowest BCUT2D eigenvalue weighted by Gasteiger charge is -2.15. The minimum absolute atomic E-state index is 0.00101. The highest BCUT2D eigenvalue weighted by Crippen LogP contribution is 2.12. The van der Waals surface area contributed by atoms with Crippen LogP contribution < -0.4 is 11.0 Å². The van der Waals surface area contributed by atoms with E-state index >= 15 is 0 Å². The standard InChI is InChI=1S/C18H27N3O2/c1-13(2)9-10-14(3)19-17(22)11-12-21-16-8-6-5-7-15(16)20(4)18(21)23/h5-8,13-14H,9-12H2,1-4H3,(H,19,22). The lowest BCUT2D eigenvalue weighted by Crippen LogP contribution is -2.34. The number of carbonyl (C=O) groups is 1. The van der Waals surface area contributed by atoms with Crippen molar-refractivity contribution in [2.75, 3.05) is 0 Å². The monoisotopic (exact) mass is 317 g/mol. The molecule has 0 aliphatic heterocycles. The predicted molar refractivity (Wildman–Crippen MR) is 93.5 cm³/mol. The summed E-state index contributed by atoms with van der Waals surface area (Å²) in [7, 11) is 1.76. The lowest BCUT2D eigenvalue weighted by atomic mass is 10.0. The third kappa shape index (κ3) is 4.24. The van der Waals surface area contributed by atoms with Gasteiger partial charge in [-0.25, -0.2) is 4.79 Å². The molecule has 126 valence electrons. The number of rotatable bonds is 7. The second-order valence-electron chi connectivity index (χ2n) is 6.67. The molecule has 0 radical (unpaired) electrons. The number of hydrogen-bond donors (Lipinski definition) is 1. The maximum atomic E-state index is 12.3. The van der Waals surface area contributed by atoms with Gasteiger partial charge in [0.1, 0.15) is 0 Å². The van der Waals surface area contributed by atoms with Gasteiger partial charge < -0.3 is 5.32 Å². The largest absolute Gasteiger partial charge is 0.354 e. The molecule has 23 heavy (non-hydrogen) atoms. The average Bonchev–Trinajstić information content (AvgIpc) is 2.75. The second kappa shape index (κ2) is 7.49. The number of aryl methyl sites for hydroxylation is 2. The molecule has 1 heterocycles. The van der Waals surface area contributed by atoms with Crippen molar-refractivity contribution in [1.29, 1.82) is 0 Å². The lowest BCUT2D eigenvalue weighted by molar-refractivity contribution is -0.121. The van der Waals surface area contributed by atoms with Crippen LogP contribution in [-0.4, -0.2) is 21.1 Å². The Hall–Kier alpha value is -2.04. The molecular formula is C18H27N3O2. The first kappa shape index (κ1) is 17.3. The van der Waals surface area contributed by atoms with Crippen molar-refractivity contribution >= 4 is 16.9 Å². The van der Waals surface area contributed by atoms with Gasteiger partial charge in [-0.1, -0.05) is 26.0 Å². The van der Waals surface area contributed by atoms with Gasteiger partial charge in [0.25, 0.3) is 0 Å². The maximum absolute atomic E-state index is 12.3. The van der Waals surface area contributed by atoms with Crippen LogP contribution in [0.15, 0.2) is 29.1 Å². The number of para-hydroxylation sites is 2. The molecule has 2 aromatic rings. The van der Waals surface area contributed by atoms with E-state index in [1.807, 2.05) is 31.2 Å². The minimum Gasteiger partial charge on any atom is -0.354 e. The topological polar surface area (TPSA) is 56.0 Å². The van der Waals surface area contributed by atoms with Gasteiger partial charge >= 0.3 is 5.69 Å². The number of hydrogen-bond acceptors (Lipinski definition) is 2. The molecule has 0 bridgehead atoms. The van der Waals surface area contributed by atoms with Crippen LogP contribution in [0.3, 0.4) is 0 Å². The van der Waals surface area contributed by atoms with E-state index in [0.717, 1.165) is 23.9 Å². The summed E-state index contributed by atoms with van der Waals surface area (Å²) < 4.78 is 3.30. The van der Waals surface area contributed by atoms with Gasteiger partial charge in [0.15, 0.2) is 0 Å². The summed E-state index contributed by atoms with van der Waals surface area (Å²) in [6.45, 7) is 6.80. The third-order valence-corrected chi connectivity index (χ3v) is 4.20. The minimum atomic E-state index is -0.0770. The third-order valence-electron chi connectivity index (χ3n) is 4.20. The normalized spacial score (nSPS) is 12.7. The van der Waals surface area contributed by atoms with Crippen LogP contribution in [0.5, 0.6) is 0 Å². The molecule has 1 aromatic carbocycles. The predicted octanol–water partition coefficient (Wildman–Crippen LogP) is 2.67. The zero-order valence-electron chi connectivity index (χ0n) is 14.5. The first-order valence-electron chi connectivity index (χ1n) is 8.33. The van der Waals surface area contributed by atoms with Crippen molar-refractivity contribution in [2.45, 2.75) is 52.6 Å². The fourth-order valence-corrected chi connectivity index (χ4v) is 2.80. The van der Waals surface area contributed by atoms with Gasteiger partial charge in [-0.2, -0.15) is 0 Å². The molecule has 1 N–H and O–H groups in total. The SMILES string of the molecule is CC(C)CCC(C)NC(=O)CCn1c(=O)n(C)c2ccccc21. The van der Waals surface area contributed by atoms with Crippen LogP contribution in [0.25, 0.3) is 11.0 Å². The Morgan fingerprint density at radius 3 is 2.43 bits per heavy atom. The fraction of sp³-hybridized carbons (Fsp3) is 0.556. The van der Waals surface area contributed by atoms with Crippen molar-refractivity contribution in [3.63, 3.8) is 0 Å². The Morgan fingerprint density at radius 1 is 1.13 bits per heavy atom. The maximum Gasteiger partial charge on any atom is 0.328 e. The summed E-state index contributed by atoms with van der Waals surface area (Å²) in [6.07, 6.45) is 2.40. The van der Waals surface area contributed by atoms with Gasteiger partial charge in [0, 0.05) is 26.1 Å². The van der Waals surface area contributed by atoms with E-state index in [-0.39, 0.29) is 17.6 Å². The number of nitrogens with zero attached hydrogens (tertiary/aromatic N) is 2. The van der Waals surface area contributed by atoms with Gasteiger partial charge in [0.2, 0.25) is 5.91 Å². The Kier molecular flexibility index (Phi) is 5.64. The number of benzene rings is 1. The summed E-state index contributed by atoms with van der Waals surface area (Å²) in [6, 6.07) is 7.83. The van der Waals surface area contributed by atoms with Gasteiger partial charge in [-0.15, -0.1) is 0 Å². The zero-order chi connectivity index (χ0) is 17.0. The van der Waals surface area contributed by atoms with E-state index in [9.17, 15) is 9.59 Å². The molecule has 0 fully saturated rings. The van der Waals surface area contributed by atoms with E-state index in [4.69, 9.17) is 0 Å². The van der Waals surface area contributed by atoms with Crippen LogP contribution in [0.2, 0.25) is 0 Å². The molecule has 2 rings (SSSR count). The Morgan fingerprint density at radius 2 is 1.78 bits per heavy atom. The average molecular weight is 317 g/mol. The molecule has 1 amide bonds. The van der Waals surface area contributed by atoms with Crippen molar-refractivity contribution < 1.29 is 4.79 Å². The molecular weight excluding hydrogens is 290 g/mol. The van der Waals surface area contributed by atoms with Crippen LogP contribution in [-0.2, 0) is 18.4 Å². The van der Waals surface area contributed by atoms with E-state index in [2.05, 4.69) is 19.2 Å². The molecule has 0 spiro atoms. The highest BCUT2D eigenvalue weighted by atomic mass is 16.2. The van der Waals surface area contributed by atoms with E-state index in [0.29, 0.717) is 18.9 Å². The molecule has 1 unspecified atom stereocenters. The van der Waals surface area contributed by atoms with Crippen LogP contribution >= 0.6 is 0 Å². The summed E-state index contributed by atoms with van der Waals surface area (Å²) >= 11 is 0. The molecule has 5 heteroatoms. The van der Waals surface area contributed by atoms with E-state index in [1.165, 1.54) is 0 Å². The van der Waals surface area contributed by atoms with Crippen molar-refractivity contribution in [2.24, 2.45) is 13.0 Å². The molecule has 0 saturated heterocycles. The first-order chi connectivity index (χ1) is 10.9. The number of nitrogens with one attached hydrogen (secondary N) is 1. The molecule has 0 aliphatic rings. The number of carbonyl (C=O) groups excluding carboxylic acids is 1. The summed E-state index contributed by atoms with van der Waals surface area (Å²) in [5, 5.41) is 3.02. The first-order valence-corrected chi connectivity index (χ1v) is 8.33. The summed E-state index contributed by atoms with van der Waals surface area (Å²) in [5.41, 5.74) is 1.69.